The molecule has 0 radical (unpaired) electrons. The van der Waals surface area contributed by atoms with Gasteiger partial charge in [0.2, 0.25) is 0 Å². The highest BCUT2D eigenvalue weighted by Gasteiger charge is 2.30. The van der Waals surface area contributed by atoms with Crippen LogP contribution in [0.25, 0.3) is 11.1 Å². The van der Waals surface area contributed by atoms with Crippen molar-refractivity contribution < 1.29 is 28.2 Å². The van der Waals surface area contributed by atoms with E-state index in [-0.39, 0.29) is 41.6 Å². The maximum atomic E-state index is 14.5. The molecule has 162 valence electrons. The Morgan fingerprint density at radius 1 is 1.20 bits per heavy atom. The highest BCUT2D eigenvalue weighted by Crippen LogP contribution is 2.33. The number of rotatable bonds is 10. The average molecular weight is 418 g/mol. The van der Waals surface area contributed by atoms with Crippen LogP contribution in [0.5, 0.6) is 0 Å². The molecular formula is C22H27FN2O5. The minimum Gasteiger partial charge on any atom is -0.462 e. The van der Waals surface area contributed by atoms with Gasteiger partial charge in [-0.15, -0.1) is 0 Å². The number of halogens is 1. The predicted octanol–water partition coefficient (Wildman–Crippen LogP) is 3.42. The van der Waals surface area contributed by atoms with Crippen molar-refractivity contribution in [3.05, 3.63) is 47.0 Å². The third-order valence-electron chi connectivity index (χ3n) is 4.30. The number of hydrogen-bond acceptors (Lipinski definition) is 5. The Balaban J connectivity index is 2.34. The Kier molecular flexibility index (Phi) is 8.29. The lowest BCUT2D eigenvalue weighted by Crippen LogP contribution is -2.33. The number of nitrogens with one attached hydrogen (secondary N) is 2. The molecule has 7 nitrogen and oxygen atoms in total. The van der Waals surface area contributed by atoms with E-state index < -0.39 is 23.5 Å². The summed E-state index contributed by atoms with van der Waals surface area (Å²) in [6, 6.07) is 5.74. The van der Waals surface area contributed by atoms with E-state index in [1.807, 2.05) is 13.8 Å². The predicted molar refractivity (Wildman–Crippen MR) is 110 cm³/mol. The number of amides is 1. The maximum Gasteiger partial charge on any atom is 0.340 e. The van der Waals surface area contributed by atoms with E-state index in [1.54, 1.807) is 19.9 Å². The molecule has 0 aliphatic rings. The van der Waals surface area contributed by atoms with Crippen molar-refractivity contribution in [2.75, 3.05) is 19.8 Å². The van der Waals surface area contributed by atoms with E-state index in [4.69, 9.17) is 9.47 Å². The molecule has 1 amide bonds. The third kappa shape index (κ3) is 5.54. The molecule has 0 fully saturated rings. The van der Waals surface area contributed by atoms with Gasteiger partial charge in [-0.1, -0.05) is 18.2 Å². The monoisotopic (exact) mass is 418 g/mol. The van der Waals surface area contributed by atoms with Crippen molar-refractivity contribution >= 4 is 17.7 Å². The SMILES string of the molecule is CCOC(=O)c1c(C)[nH]c(C(=O)C(=O)NCCCOC(C)C)c1-c1ccccc1F. The molecular weight excluding hydrogens is 391 g/mol. The van der Waals surface area contributed by atoms with Crippen LogP contribution in [0.2, 0.25) is 0 Å². The molecule has 0 aliphatic heterocycles. The van der Waals surface area contributed by atoms with Crippen LogP contribution in [-0.2, 0) is 14.3 Å². The first-order chi connectivity index (χ1) is 14.3. The van der Waals surface area contributed by atoms with Gasteiger partial charge in [0, 0.05) is 30.0 Å². The van der Waals surface area contributed by atoms with Gasteiger partial charge >= 0.3 is 5.97 Å². The van der Waals surface area contributed by atoms with Crippen molar-refractivity contribution in [3.8, 4) is 11.1 Å². The van der Waals surface area contributed by atoms with E-state index in [0.717, 1.165) is 0 Å². The first kappa shape index (κ1) is 23.3. The molecule has 8 heteroatoms. The lowest BCUT2D eigenvalue weighted by atomic mass is 9.98. The van der Waals surface area contributed by atoms with Gasteiger partial charge in [-0.3, -0.25) is 9.59 Å². The van der Waals surface area contributed by atoms with Crippen molar-refractivity contribution in [1.82, 2.24) is 10.3 Å². The van der Waals surface area contributed by atoms with Gasteiger partial charge in [0.05, 0.1) is 18.3 Å². The lowest BCUT2D eigenvalue weighted by Gasteiger charge is -2.10. The molecule has 0 aliphatic carbocycles. The second-order valence-corrected chi connectivity index (χ2v) is 6.93. The molecule has 2 N–H and O–H groups in total. The summed E-state index contributed by atoms with van der Waals surface area (Å²) in [7, 11) is 0. The van der Waals surface area contributed by atoms with Crippen molar-refractivity contribution in [2.45, 2.75) is 40.2 Å². The lowest BCUT2D eigenvalue weighted by molar-refractivity contribution is -0.117. The fraction of sp³-hybridized carbons (Fsp3) is 0.409. The molecule has 2 aromatic rings. The number of H-pyrrole nitrogens is 1. The summed E-state index contributed by atoms with van der Waals surface area (Å²) in [4.78, 5) is 40.5. The minimum absolute atomic E-state index is 0.0207. The number of ether oxygens (including phenoxy) is 2. The molecule has 0 saturated heterocycles. The Bertz CT molecular complexity index is 920. The Hall–Kier alpha value is -3.00. The molecule has 1 aromatic heterocycles. The van der Waals surface area contributed by atoms with Crippen LogP contribution in [0, 0.1) is 12.7 Å². The second kappa shape index (κ2) is 10.7. The quantitative estimate of drug-likeness (QED) is 0.267. The van der Waals surface area contributed by atoms with E-state index in [1.165, 1.54) is 18.2 Å². The van der Waals surface area contributed by atoms with Crippen molar-refractivity contribution in [1.29, 1.82) is 0 Å². The highest BCUT2D eigenvalue weighted by atomic mass is 19.1. The van der Waals surface area contributed by atoms with Gasteiger partial charge in [-0.05, 0) is 40.2 Å². The summed E-state index contributed by atoms with van der Waals surface area (Å²) in [5.41, 5.74) is 0.243. The minimum atomic E-state index is -0.892. The number of aromatic nitrogens is 1. The molecule has 1 aromatic carbocycles. The molecule has 30 heavy (non-hydrogen) atoms. The van der Waals surface area contributed by atoms with E-state index >= 15 is 0 Å². The van der Waals surface area contributed by atoms with Gasteiger partial charge < -0.3 is 19.8 Å². The standard InChI is InChI=1S/C22H27FN2O5/c1-5-29-22(28)17-14(4)25-19(18(17)15-9-6-7-10-16(15)23)20(26)21(27)24-11-8-12-30-13(2)3/h6-7,9-10,13,25H,5,8,11-12H2,1-4H3,(H,24,27). The smallest absolute Gasteiger partial charge is 0.340 e. The molecule has 1 heterocycles. The number of ketones is 1. The molecule has 2 rings (SSSR count). The van der Waals surface area contributed by atoms with Crippen molar-refractivity contribution in [2.24, 2.45) is 0 Å². The van der Waals surface area contributed by atoms with Gasteiger partial charge in [0.25, 0.3) is 11.7 Å². The van der Waals surface area contributed by atoms with Crippen LogP contribution in [0.15, 0.2) is 24.3 Å². The Morgan fingerprint density at radius 3 is 2.53 bits per heavy atom. The van der Waals surface area contributed by atoms with Crippen molar-refractivity contribution in [3.63, 3.8) is 0 Å². The number of aromatic amines is 1. The molecule has 0 bridgehead atoms. The number of aryl methyl sites for hydroxylation is 1. The summed E-state index contributed by atoms with van der Waals surface area (Å²) in [6.07, 6.45) is 0.615. The van der Waals surface area contributed by atoms with Gasteiger partial charge in [-0.25, -0.2) is 9.18 Å². The Labute approximate surface area is 175 Å². The second-order valence-electron chi connectivity index (χ2n) is 6.93. The maximum absolute atomic E-state index is 14.5. The summed E-state index contributed by atoms with van der Waals surface area (Å²) in [5.74, 6) is -3.07. The molecule has 0 atom stereocenters. The van der Waals surface area contributed by atoms with Crippen LogP contribution < -0.4 is 5.32 Å². The number of Topliss-reactive ketones (excluding diaryl/α,β-unsaturated/α-hetero) is 1. The number of benzene rings is 1. The van der Waals surface area contributed by atoms with E-state index in [9.17, 15) is 18.8 Å². The third-order valence-corrected chi connectivity index (χ3v) is 4.30. The van der Waals surface area contributed by atoms with Crippen LogP contribution in [0.4, 0.5) is 4.39 Å². The van der Waals surface area contributed by atoms with Crippen LogP contribution in [0.3, 0.4) is 0 Å². The van der Waals surface area contributed by atoms with Gasteiger partial charge in [0.1, 0.15) is 11.5 Å². The first-order valence-electron chi connectivity index (χ1n) is 9.86. The fourth-order valence-corrected chi connectivity index (χ4v) is 2.97. The topological polar surface area (TPSA) is 97.5 Å². The molecule has 0 unspecified atom stereocenters. The zero-order valence-electron chi connectivity index (χ0n) is 17.6. The van der Waals surface area contributed by atoms with Crippen LogP contribution >= 0.6 is 0 Å². The average Bonchev–Trinajstić information content (AvgIpc) is 3.04. The normalized spacial score (nSPS) is 10.9. The zero-order chi connectivity index (χ0) is 22.3. The Morgan fingerprint density at radius 2 is 1.90 bits per heavy atom. The first-order valence-corrected chi connectivity index (χ1v) is 9.86. The fourth-order valence-electron chi connectivity index (χ4n) is 2.97. The molecule has 0 saturated carbocycles. The zero-order valence-corrected chi connectivity index (χ0v) is 17.6. The van der Waals surface area contributed by atoms with E-state index in [2.05, 4.69) is 10.3 Å². The van der Waals surface area contributed by atoms with E-state index in [0.29, 0.717) is 18.7 Å². The van der Waals surface area contributed by atoms with Gasteiger partial charge in [0.15, 0.2) is 0 Å². The van der Waals surface area contributed by atoms with Crippen LogP contribution in [0.1, 0.15) is 53.7 Å². The highest BCUT2D eigenvalue weighted by molar-refractivity contribution is 6.43. The van der Waals surface area contributed by atoms with Crippen LogP contribution in [-0.4, -0.2) is 48.5 Å². The van der Waals surface area contributed by atoms with Gasteiger partial charge in [-0.2, -0.15) is 0 Å². The summed E-state index contributed by atoms with van der Waals surface area (Å²) in [6.45, 7) is 7.82. The number of esters is 1. The molecule has 0 spiro atoms. The number of hydrogen-bond donors (Lipinski definition) is 2. The summed E-state index contributed by atoms with van der Waals surface area (Å²) >= 11 is 0. The number of carbonyl (C=O) groups is 3. The summed E-state index contributed by atoms with van der Waals surface area (Å²) in [5, 5.41) is 2.53. The number of carbonyl (C=O) groups excluding carboxylic acids is 3. The largest absolute Gasteiger partial charge is 0.462 e. The summed E-state index contributed by atoms with van der Waals surface area (Å²) < 4.78 is 25.0.